The van der Waals surface area contributed by atoms with E-state index in [4.69, 9.17) is 4.74 Å². The van der Waals surface area contributed by atoms with E-state index in [0.29, 0.717) is 18.5 Å². The number of carbonyl (C=O) groups is 1. The SMILES string of the molecule is COCCCN1C(C)CN(C(=O)Cc2cccc(C)c2)CC1C. The summed E-state index contributed by atoms with van der Waals surface area (Å²) in [7, 11) is 1.74. The number of nitrogens with zero attached hydrogens (tertiary/aromatic N) is 2. The summed E-state index contributed by atoms with van der Waals surface area (Å²) in [6.45, 7) is 9.98. The van der Waals surface area contributed by atoms with Crippen molar-refractivity contribution in [3.63, 3.8) is 0 Å². The molecule has 2 unspecified atom stereocenters. The first kappa shape index (κ1) is 18.0. The van der Waals surface area contributed by atoms with Crippen LogP contribution in [0.5, 0.6) is 0 Å². The van der Waals surface area contributed by atoms with E-state index in [9.17, 15) is 4.79 Å². The van der Waals surface area contributed by atoms with E-state index in [2.05, 4.69) is 37.8 Å². The standard InChI is InChI=1S/C19H30N2O2/c1-15-7-5-8-18(11-15)12-19(22)20-13-16(2)21(17(3)14-20)9-6-10-23-4/h5,7-8,11,16-17H,6,9-10,12-14H2,1-4H3. The van der Waals surface area contributed by atoms with Crippen LogP contribution in [0.15, 0.2) is 24.3 Å². The van der Waals surface area contributed by atoms with Crippen molar-refractivity contribution >= 4 is 5.91 Å². The van der Waals surface area contributed by atoms with Crippen molar-refractivity contribution in [1.29, 1.82) is 0 Å². The third-order valence-corrected chi connectivity index (χ3v) is 4.66. The van der Waals surface area contributed by atoms with Crippen LogP contribution in [0.2, 0.25) is 0 Å². The maximum atomic E-state index is 12.6. The molecule has 23 heavy (non-hydrogen) atoms. The van der Waals surface area contributed by atoms with Gasteiger partial charge in [0.05, 0.1) is 6.42 Å². The maximum Gasteiger partial charge on any atom is 0.227 e. The normalized spacial score (nSPS) is 22.3. The number of benzene rings is 1. The first-order valence-electron chi connectivity index (χ1n) is 8.59. The number of aryl methyl sites for hydroxylation is 1. The van der Waals surface area contributed by atoms with Crippen molar-refractivity contribution < 1.29 is 9.53 Å². The van der Waals surface area contributed by atoms with Crippen LogP contribution in [-0.4, -0.2) is 61.1 Å². The summed E-state index contributed by atoms with van der Waals surface area (Å²) in [5.41, 5.74) is 2.32. The van der Waals surface area contributed by atoms with Crippen molar-refractivity contribution in [3.05, 3.63) is 35.4 Å². The fourth-order valence-electron chi connectivity index (χ4n) is 3.50. The zero-order chi connectivity index (χ0) is 16.8. The van der Waals surface area contributed by atoms with Gasteiger partial charge in [0.2, 0.25) is 5.91 Å². The molecule has 1 aromatic carbocycles. The summed E-state index contributed by atoms with van der Waals surface area (Å²) < 4.78 is 5.15. The van der Waals surface area contributed by atoms with E-state index in [1.165, 1.54) is 5.56 Å². The summed E-state index contributed by atoms with van der Waals surface area (Å²) >= 11 is 0. The molecular weight excluding hydrogens is 288 g/mol. The molecule has 0 aromatic heterocycles. The third-order valence-electron chi connectivity index (χ3n) is 4.66. The van der Waals surface area contributed by atoms with Gasteiger partial charge in [0.1, 0.15) is 0 Å². The quantitative estimate of drug-likeness (QED) is 0.756. The summed E-state index contributed by atoms with van der Waals surface area (Å²) in [5.74, 6) is 0.242. The lowest BCUT2D eigenvalue weighted by Gasteiger charge is -2.44. The van der Waals surface area contributed by atoms with Crippen molar-refractivity contribution in [3.8, 4) is 0 Å². The Balaban J connectivity index is 1.91. The van der Waals surface area contributed by atoms with Gasteiger partial charge < -0.3 is 9.64 Å². The number of hydrogen-bond donors (Lipinski definition) is 0. The van der Waals surface area contributed by atoms with Crippen molar-refractivity contribution in [2.24, 2.45) is 0 Å². The van der Waals surface area contributed by atoms with Gasteiger partial charge in [-0.2, -0.15) is 0 Å². The van der Waals surface area contributed by atoms with E-state index in [-0.39, 0.29) is 5.91 Å². The molecule has 0 saturated carbocycles. The lowest BCUT2D eigenvalue weighted by molar-refractivity contribution is -0.134. The molecule has 4 nitrogen and oxygen atoms in total. The van der Waals surface area contributed by atoms with Gasteiger partial charge in [-0.15, -0.1) is 0 Å². The Labute approximate surface area is 140 Å². The summed E-state index contributed by atoms with van der Waals surface area (Å²) in [5, 5.41) is 0. The molecule has 1 amide bonds. The van der Waals surface area contributed by atoms with E-state index < -0.39 is 0 Å². The largest absolute Gasteiger partial charge is 0.385 e. The molecule has 1 saturated heterocycles. The molecule has 128 valence electrons. The Kier molecular flexibility index (Phi) is 6.60. The van der Waals surface area contributed by atoms with Crippen LogP contribution in [-0.2, 0) is 16.0 Å². The molecule has 0 bridgehead atoms. The van der Waals surface area contributed by atoms with Crippen LogP contribution in [0.4, 0.5) is 0 Å². The Morgan fingerprint density at radius 3 is 2.57 bits per heavy atom. The number of amides is 1. The monoisotopic (exact) mass is 318 g/mol. The molecule has 4 heteroatoms. The highest BCUT2D eigenvalue weighted by atomic mass is 16.5. The molecule has 0 radical (unpaired) electrons. The summed E-state index contributed by atoms with van der Waals surface area (Å²) in [6, 6.07) is 9.03. The van der Waals surface area contributed by atoms with Crippen LogP contribution < -0.4 is 0 Å². The Hall–Kier alpha value is -1.39. The van der Waals surface area contributed by atoms with Gasteiger partial charge in [-0.05, 0) is 32.8 Å². The van der Waals surface area contributed by atoms with E-state index >= 15 is 0 Å². The molecule has 1 heterocycles. The first-order chi connectivity index (χ1) is 11.0. The van der Waals surface area contributed by atoms with Crippen LogP contribution in [0, 0.1) is 6.92 Å². The predicted octanol–water partition coefficient (Wildman–Crippen LogP) is 2.50. The highest BCUT2D eigenvalue weighted by Gasteiger charge is 2.31. The van der Waals surface area contributed by atoms with Crippen LogP contribution >= 0.6 is 0 Å². The first-order valence-corrected chi connectivity index (χ1v) is 8.59. The van der Waals surface area contributed by atoms with Crippen molar-refractivity contribution in [2.75, 3.05) is 33.4 Å². The molecule has 1 aromatic rings. The number of rotatable bonds is 6. The van der Waals surface area contributed by atoms with Crippen molar-refractivity contribution in [2.45, 2.75) is 45.7 Å². The van der Waals surface area contributed by atoms with Gasteiger partial charge in [-0.3, -0.25) is 9.69 Å². The Morgan fingerprint density at radius 2 is 1.96 bits per heavy atom. The average molecular weight is 318 g/mol. The molecular formula is C19H30N2O2. The zero-order valence-corrected chi connectivity index (χ0v) is 14.9. The van der Waals surface area contributed by atoms with Crippen LogP contribution in [0.1, 0.15) is 31.4 Å². The van der Waals surface area contributed by atoms with Gasteiger partial charge >= 0.3 is 0 Å². The third kappa shape index (κ3) is 5.05. The second kappa shape index (κ2) is 8.46. The molecule has 0 spiro atoms. The van der Waals surface area contributed by atoms with Gasteiger partial charge in [-0.25, -0.2) is 0 Å². The number of methoxy groups -OCH3 is 1. The molecule has 2 atom stereocenters. The lowest BCUT2D eigenvalue weighted by atomic mass is 10.0. The van der Waals surface area contributed by atoms with Crippen LogP contribution in [0.25, 0.3) is 0 Å². The molecule has 0 N–H and O–H groups in total. The highest BCUT2D eigenvalue weighted by molar-refractivity contribution is 5.79. The topological polar surface area (TPSA) is 32.8 Å². The van der Waals surface area contributed by atoms with E-state index in [1.807, 2.05) is 17.0 Å². The van der Waals surface area contributed by atoms with Gasteiger partial charge in [0.25, 0.3) is 0 Å². The molecule has 2 rings (SSSR count). The molecule has 1 aliphatic heterocycles. The summed E-state index contributed by atoms with van der Waals surface area (Å²) in [6.07, 6.45) is 1.55. The van der Waals surface area contributed by atoms with E-state index in [1.54, 1.807) is 7.11 Å². The number of hydrogen-bond acceptors (Lipinski definition) is 3. The van der Waals surface area contributed by atoms with E-state index in [0.717, 1.165) is 38.2 Å². The van der Waals surface area contributed by atoms with Crippen molar-refractivity contribution in [1.82, 2.24) is 9.80 Å². The summed E-state index contributed by atoms with van der Waals surface area (Å²) in [4.78, 5) is 17.2. The van der Waals surface area contributed by atoms with Gasteiger partial charge in [0.15, 0.2) is 0 Å². The minimum Gasteiger partial charge on any atom is -0.385 e. The maximum absolute atomic E-state index is 12.6. The number of ether oxygens (including phenoxy) is 1. The minimum atomic E-state index is 0.242. The molecule has 1 aliphatic rings. The van der Waals surface area contributed by atoms with Gasteiger partial charge in [-0.1, -0.05) is 29.8 Å². The van der Waals surface area contributed by atoms with Gasteiger partial charge in [0, 0.05) is 45.4 Å². The number of carbonyl (C=O) groups excluding carboxylic acids is 1. The van der Waals surface area contributed by atoms with Crippen LogP contribution in [0.3, 0.4) is 0 Å². The fraction of sp³-hybridized carbons (Fsp3) is 0.632. The fourth-order valence-corrected chi connectivity index (χ4v) is 3.50. The smallest absolute Gasteiger partial charge is 0.227 e. The Morgan fingerprint density at radius 1 is 1.26 bits per heavy atom. The predicted molar refractivity (Wildman–Crippen MR) is 93.6 cm³/mol. The lowest BCUT2D eigenvalue weighted by Crippen LogP contribution is -2.58. The average Bonchev–Trinajstić information content (AvgIpc) is 2.50. The minimum absolute atomic E-state index is 0.242. The molecule has 0 aliphatic carbocycles. The molecule has 1 fully saturated rings. The second-order valence-electron chi connectivity index (χ2n) is 6.75. The second-order valence-corrected chi connectivity index (χ2v) is 6.75. The Bertz CT molecular complexity index is 506. The zero-order valence-electron chi connectivity index (χ0n) is 14.9. The number of piperazine rings is 1. The highest BCUT2D eigenvalue weighted by Crippen LogP contribution is 2.17.